The maximum Gasteiger partial charge on any atom is 0.321 e. The molecule has 0 unspecified atom stereocenters. The molecule has 2 N–H and O–H groups in total. The van der Waals surface area contributed by atoms with Gasteiger partial charge in [0, 0.05) is 32.0 Å². The summed E-state index contributed by atoms with van der Waals surface area (Å²) in [5, 5.41) is 3.98. The van der Waals surface area contributed by atoms with Crippen LogP contribution in [-0.2, 0) is 0 Å². The van der Waals surface area contributed by atoms with E-state index in [2.05, 4.69) is 25.2 Å². The first kappa shape index (κ1) is 16.4. The zero-order chi connectivity index (χ0) is 18.1. The van der Waals surface area contributed by atoms with Crippen molar-refractivity contribution in [2.24, 2.45) is 0 Å². The van der Waals surface area contributed by atoms with Gasteiger partial charge in [0.05, 0.1) is 11.4 Å². The molecule has 1 aliphatic rings. The average molecular weight is 350 g/mol. The van der Waals surface area contributed by atoms with Crippen molar-refractivity contribution in [2.45, 2.75) is 19.4 Å². The van der Waals surface area contributed by atoms with Gasteiger partial charge in [0.25, 0.3) is 0 Å². The maximum absolute atomic E-state index is 12.6. The van der Waals surface area contributed by atoms with Crippen LogP contribution in [-0.4, -0.2) is 52.1 Å². The third-order valence-corrected chi connectivity index (χ3v) is 4.97. The van der Waals surface area contributed by atoms with E-state index >= 15 is 0 Å². The van der Waals surface area contributed by atoms with Crippen molar-refractivity contribution < 1.29 is 4.79 Å². The Morgan fingerprint density at radius 3 is 2.88 bits per heavy atom. The fraction of sp³-hybridized carbons (Fsp3) is 0.316. The minimum atomic E-state index is -0.0878. The van der Waals surface area contributed by atoms with Crippen LogP contribution in [0.15, 0.2) is 42.9 Å². The number of aromatic nitrogens is 3. The van der Waals surface area contributed by atoms with Crippen molar-refractivity contribution in [1.29, 1.82) is 0 Å². The number of H-pyrrole nitrogens is 1. The fourth-order valence-corrected chi connectivity index (χ4v) is 3.38. The van der Waals surface area contributed by atoms with Gasteiger partial charge in [-0.25, -0.2) is 14.8 Å². The summed E-state index contributed by atoms with van der Waals surface area (Å²) in [6.07, 6.45) is 4.36. The van der Waals surface area contributed by atoms with Gasteiger partial charge in [0.15, 0.2) is 0 Å². The number of nitrogens with one attached hydrogen (secondary N) is 2. The van der Waals surface area contributed by atoms with Crippen molar-refractivity contribution in [3.8, 4) is 0 Å². The summed E-state index contributed by atoms with van der Waals surface area (Å²) in [7, 11) is 1.85. The quantitative estimate of drug-likeness (QED) is 0.761. The zero-order valence-corrected chi connectivity index (χ0v) is 14.9. The van der Waals surface area contributed by atoms with Crippen molar-refractivity contribution in [1.82, 2.24) is 19.9 Å². The fourth-order valence-electron chi connectivity index (χ4n) is 3.38. The van der Waals surface area contributed by atoms with Gasteiger partial charge in [0.2, 0.25) is 0 Å². The van der Waals surface area contributed by atoms with Gasteiger partial charge in [-0.2, -0.15) is 0 Å². The Hall–Kier alpha value is -3.09. The normalized spacial score (nSPS) is 16.8. The van der Waals surface area contributed by atoms with Crippen LogP contribution in [0.1, 0.15) is 12.0 Å². The van der Waals surface area contributed by atoms with Gasteiger partial charge >= 0.3 is 6.03 Å². The SMILES string of the molecule is Cc1ccc(NC(=O)N(C)[C@@H]2CCN(c3ncnc4[nH]ccc34)C2)cc1. The highest BCUT2D eigenvalue weighted by Gasteiger charge is 2.30. The molecular weight excluding hydrogens is 328 g/mol. The van der Waals surface area contributed by atoms with Gasteiger partial charge < -0.3 is 20.1 Å². The largest absolute Gasteiger partial charge is 0.354 e. The number of carbonyl (C=O) groups excluding carboxylic acids is 1. The summed E-state index contributed by atoms with van der Waals surface area (Å²) in [5.74, 6) is 0.922. The molecule has 7 heteroatoms. The summed E-state index contributed by atoms with van der Waals surface area (Å²) in [6.45, 7) is 3.65. The second-order valence-electron chi connectivity index (χ2n) is 6.73. The van der Waals surface area contributed by atoms with E-state index in [-0.39, 0.29) is 12.1 Å². The molecule has 1 atom stereocenters. The van der Waals surface area contributed by atoms with E-state index in [4.69, 9.17) is 0 Å². The lowest BCUT2D eigenvalue weighted by molar-refractivity contribution is 0.208. The van der Waals surface area contributed by atoms with Gasteiger partial charge in [0.1, 0.15) is 17.8 Å². The monoisotopic (exact) mass is 350 g/mol. The number of hydrogen-bond donors (Lipinski definition) is 2. The van der Waals surface area contributed by atoms with Gasteiger partial charge in [-0.15, -0.1) is 0 Å². The van der Waals surface area contributed by atoms with Crippen LogP contribution >= 0.6 is 0 Å². The predicted octanol–water partition coefficient (Wildman–Crippen LogP) is 3.01. The average Bonchev–Trinajstić information content (AvgIpc) is 3.32. The van der Waals surface area contributed by atoms with Crippen LogP contribution in [0.2, 0.25) is 0 Å². The second kappa shape index (κ2) is 6.67. The number of amides is 2. The number of fused-ring (bicyclic) bond motifs is 1. The first-order valence-corrected chi connectivity index (χ1v) is 8.75. The van der Waals surface area contributed by atoms with E-state index in [1.807, 2.05) is 50.5 Å². The summed E-state index contributed by atoms with van der Waals surface area (Å²) in [6, 6.07) is 9.87. The first-order valence-electron chi connectivity index (χ1n) is 8.75. The number of anilines is 2. The summed E-state index contributed by atoms with van der Waals surface area (Å²) in [5.41, 5.74) is 2.82. The van der Waals surface area contributed by atoms with E-state index < -0.39 is 0 Å². The van der Waals surface area contributed by atoms with Crippen molar-refractivity contribution in [3.63, 3.8) is 0 Å². The molecule has 2 amide bonds. The topological polar surface area (TPSA) is 77.2 Å². The standard InChI is InChI=1S/C19H22N6O/c1-13-3-5-14(6-4-13)23-19(26)24(2)15-8-10-25(11-15)18-16-7-9-20-17(16)21-12-22-18/h3-7,9,12,15H,8,10-11H2,1-2H3,(H,23,26)(H,20,21,22)/t15-/m1/s1. The highest BCUT2D eigenvalue weighted by atomic mass is 16.2. The number of nitrogens with zero attached hydrogens (tertiary/aromatic N) is 4. The molecule has 3 heterocycles. The predicted molar refractivity (Wildman–Crippen MR) is 102 cm³/mol. The molecular formula is C19H22N6O. The number of aromatic amines is 1. The van der Waals surface area contributed by atoms with Crippen LogP contribution in [0.5, 0.6) is 0 Å². The van der Waals surface area contributed by atoms with E-state index in [1.54, 1.807) is 11.2 Å². The Kier molecular flexibility index (Phi) is 4.20. The number of carbonyl (C=O) groups is 1. The third kappa shape index (κ3) is 3.08. The molecule has 1 fully saturated rings. The van der Waals surface area contributed by atoms with Gasteiger partial charge in [-0.05, 0) is 31.5 Å². The number of benzene rings is 1. The highest BCUT2D eigenvalue weighted by Crippen LogP contribution is 2.27. The lowest BCUT2D eigenvalue weighted by atomic mass is 10.2. The van der Waals surface area contributed by atoms with Gasteiger partial charge in [-0.3, -0.25) is 0 Å². The molecule has 26 heavy (non-hydrogen) atoms. The van der Waals surface area contributed by atoms with Crippen LogP contribution in [0.25, 0.3) is 11.0 Å². The molecule has 0 spiro atoms. The minimum absolute atomic E-state index is 0.0878. The number of aryl methyl sites for hydroxylation is 1. The molecule has 0 radical (unpaired) electrons. The highest BCUT2D eigenvalue weighted by molar-refractivity contribution is 5.90. The van der Waals surface area contributed by atoms with Crippen LogP contribution in [0.4, 0.5) is 16.3 Å². The number of rotatable bonds is 3. The van der Waals surface area contributed by atoms with Crippen LogP contribution < -0.4 is 10.2 Å². The zero-order valence-electron chi connectivity index (χ0n) is 14.9. The molecule has 4 rings (SSSR count). The van der Waals surface area contributed by atoms with Crippen molar-refractivity contribution in [2.75, 3.05) is 30.4 Å². The number of urea groups is 1. The van der Waals surface area contributed by atoms with Crippen LogP contribution in [0, 0.1) is 6.92 Å². The van der Waals surface area contributed by atoms with E-state index in [0.29, 0.717) is 0 Å². The lowest BCUT2D eigenvalue weighted by Crippen LogP contribution is -2.41. The molecule has 1 saturated heterocycles. The molecule has 2 aromatic heterocycles. The molecule has 3 aromatic rings. The van der Waals surface area contributed by atoms with E-state index in [0.717, 1.165) is 42.0 Å². The molecule has 0 aliphatic carbocycles. The molecule has 1 aromatic carbocycles. The first-order chi connectivity index (χ1) is 12.6. The number of likely N-dealkylation sites (N-methyl/N-ethyl adjacent to an activating group) is 1. The van der Waals surface area contributed by atoms with Crippen molar-refractivity contribution in [3.05, 3.63) is 48.4 Å². The summed E-state index contributed by atoms with van der Waals surface area (Å²) >= 11 is 0. The van der Waals surface area contributed by atoms with Crippen LogP contribution in [0.3, 0.4) is 0 Å². The van der Waals surface area contributed by atoms with Gasteiger partial charge in [-0.1, -0.05) is 17.7 Å². The Morgan fingerprint density at radius 2 is 2.08 bits per heavy atom. The Balaban J connectivity index is 1.43. The van der Waals surface area contributed by atoms with Crippen molar-refractivity contribution >= 4 is 28.6 Å². The minimum Gasteiger partial charge on any atom is -0.354 e. The molecule has 134 valence electrons. The Bertz CT molecular complexity index is 919. The summed E-state index contributed by atoms with van der Waals surface area (Å²) in [4.78, 5) is 28.4. The smallest absolute Gasteiger partial charge is 0.321 e. The van der Waals surface area contributed by atoms with E-state index in [1.165, 1.54) is 5.56 Å². The maximum atomic E-state index is 12.6. The Labute approximate surface area is 152 Å². The molecule has 0 saturated carbocycles. The third-order valence-electron chi connectivity index (χ3n) is 4.97. The summed E-state index contributed by atoms with van der Waals surface area (Å²) < 4.78 is 0. The van der Waals surface area contributed by atoms with E-state index in [9.17, 15) is 4.79 Å². The Morgan fingerprint density at radius 1 is 1.27 bits per heavy atom. The lowest BCUT2D eigenvalue weighted by Gasteiger charge is -2.25. The molecule has 1 aliphatic heterocycles. The second-order valence-corrected chi connectivity index (χ2v) is 6.73. The molecule has 7 nitrogen and oxygen atoms in total. The molecule has 0 bridgehead atoms. The number of hydrogen-bond acceptors (Lipinski definition) is 4.